The number of methoxy groups -OCH3 is 1. The number of carbonyl (C=O) groups is 1. The molecule has 0 saturated carbocycles. The number of para-hydroxylation sites is 1. The van der Waals surface area contributed by atoms with Crippen LogP contribution in [0.2, 0.25) is 5.02 Å². The van der Waals surface area contributed by atoms with Crippen LogP contribution in [0.15, 0.2) is 108 Å². The monoisotopic (exact) mass is 575 g/mol. The Morgan fingerprint density at radius 2 is 1.52 bits per heavy atom. The fourth-order valence-electron chi connectivity index (χ4n) is 4.81. The summed E-state index contributed by atoms with van der Waals surface area (Å²) >= 11 is 6.17. The van der Waals surface area contributed by atoms with Gasteiger partial charge in [0.1, 0.15) is 5.75 Å². The van der Waals surface area contributed by atoms with E-state index >= 15 is 0 Å². The van der Waals surface area contributed by atoms with Crippen molar-refractivity contribution in [2.45, 2.75) is 11.4 Å². The normalized spacial score (nSPS) is 13.7. The molecule has 0 aliphatic carbocycles. The van der Waals surface area contributed by atoms with E-state index in [2.05, 4.69) is 4.90 Å². The van der Waals surface area contributed by atoms with E-state index in [0.717, 1.165) is 11.3 Å². The van der Waals surface area contributed by atoms with Gasteiger partial charge in [-0.05, 0) is 60.2 Å². The molecule has 206 valence electrons. The van der Waals surface area contributed by atoms with E-state index in [1.807, 2.05) is 54.6 Å². The van der Waals surface area contributed by atoms with Gasteiger partial charge in [0, 0.05) is 36.9 Å². The second-order valence-corrected chi connectivity index (χ2v) is 11.7. The van der Waals surface area contributed by atoms with Crippen LogP contribution < -0.4 is 13.9 Å². The number of ether oxygens (including phenoxy) is 1. The molecule has 4 aromatic rings. The summed E-state index contributed by atoms with van der Waals surface area (Å²) in [5, 5.41) is 0.668. The van der Waals surface area contributed by atoms with E-state index in [0.29, 0.717) is 48.2 Å². The lowest BCUT2D eigenvalue weighted by Gasteiger charge is -2.37. The van der Waals surface area contributed by atoms with Gasteiger partial charge in [0.05, 0.1) is 29.8 Å². The first kappa shape index (κ1) is 27.6. The van der Waals surface area contributed by atoms with Crippen LogP contribution in [0.4, 0.5) is 11.4 Å². The average Bonchev–Trinajstić information content (AvgIpc) is 3.00. The SMILES string of the molecule is COc1ccc(S(=O)(=O)N(Cc2ccccc2)c2ccccc2C(=O)N2CCN(c3cccc(Cl)c3)CC2)cc1. The first-order chi connectivity index (χ1) is 19.4. The first-order valence-corrected chi connectivity index (χ1v) is 14.8. The molecule has 0 radical (unpaired) electrons. The number of sulfonamides is 1. The van der Waals surface area contributed by atoms with E-state index in [1.165, 1.54) is 23.5 Å². The highest BCUT2D eigenvalue weighted by Gasteiger charge is 2.31. The van der Waals surface area contributed by atoms with Crippen LogP contribution in [0.5, 0.6) is 5.75 Å². The van der Waals surface area contributed by atoms with Crippen LogP contribution in [0, 0.1) is 0 Å². The van der Waals surface area contributed by atoms with Crippen LogP contribution >= 0.6 is 11.6 Å². The maximum Gasteiger partial charge on any atom is 0.264 e. The molecule has 1 heterocycles. The minimum atomic E-state index is -4.03. The smallest absolute Gasteiger partial charge is 0.264 e. The number of nitrogens with zero attached hydrogens (tertiary/aromatic N) is 3. The van der Waals surface area contributed by atoms with Crippen molar-refractivity contribution in [2.24, 2.45) is 0 Å². The number of hydrogen-bond acceptors (Lipinski definition) is 5. The Kier molecular flexibility index (Phi) is 8.28. The summed E-state index contributed by atoms with van der Waals surface area (Å²) in [5.74, 6) is 0.352. The fourth-order valence-corrected chi connectivity index (χ4v) is 6.46. The van der Waals surface area contributed by atoms with Crippen molar-refractivity contribution in [2.75, 3.05) is 42.5 Å². The molecule has 0 N–H and O–H groups in total. The second kappa shape index (κ2) is 12.0. The summed E-state index contributed by atoms with van der Waals surface area (Å²) in [6.45, 7) is 2.37. The summed E-state index contributed by atoms with van der Waals surface area (Å²) in [4.78, 5) is 18.0. The first-order valence-electron chi connectivity index (χ1n) is 13.0. The topological polar surface area (TPSA) is 70.2 Å². The lowest BCUT2D eigenvalue weighted by molar-refractivity contribution is 0.0747. The van der Waals surface area contributed by atoms with Gasteiger partial charge < -0.3 is 14.5 Å². The second-order valence-electron chi connectivity index (χ2n) is 9.45. The third kappa shape index (κ3) is 5.93. The Morgan fingerprint density at radius 3 is 2.20 bits per heavy atom. The third-order valence-corrected chi connectivity index (χ3v) is 8.97. The van der Waals surface area contributed by atoms with Gasteiger partial charge in [0.2, 0.25) is 0 Å². The largest absolute Gasteiger partial charge is 0.497 e. The Morgan fingerprint density at radius 1 is 0.850 bits per heavy atom. The quantitative estimate of drug-likeness (QED) is 0.269. The zero-order valence-corrected chi connectivity index (χ0v) is 23.7. The summed E-state index contributed by atoms with van der Waals surface area (Å²) in [5.41, 5.74) is 2.49. The Labute approximate surface area is 240 Å². The van der Waals surface area contributed by atoms with E-state index < -0.39 is 10.0 Å². The predicted molar refractivity (Wildman–Crippen MR) is 159 cm³/mol. The van der Waals surface area contributed by atoms with Gasteiger partial charge in [0.15, 0.2) is 0 Å². The van der Waals surface area contributed by atoms with Crippen molar-refractivity contribution >= 4 is 38.9 Å². The number of anilines is 2. The zero-order chi connectivity index (χ0) is 28.1. The van der Waals surface area contributed by atoms with Gasteiger partial charge in [-0.3, -0.25) is 9.10 Å². The van der Waals surface area contributed by atoms with Crippen molar-refractivity contribution < 1.29 is 17.9 Å². The molecular weight excluding hydrogens is 546 g/mol. The molecule has 4 aromatic carbocycles. The fraction of sp³-hybridized carbons (Fsp3) is 0.194. The number of benzene rings is 4. The number of rotatable bonds is 8. The number of carbonyl (C=O) groups excluding carboxylic acids is 1. The molecule has 1 fully saturated rings. The lowest BCUT2D eigenvalue weighted by Crippen LogP contribution is -2.49. The number of halogens is 1. The molecule has 5 rings (SSSR count). The van der Waals surface area contributed by atoms with Gasteiger partial charge in [-0.1, -0.05) is 60.1 Å². The molecule has 0 bridgehead atoms. The van der Waals surface area contributed by atoms with Gasteiger partial charge in [0.25, 0.3) is 15.9 Å². The van der Waals surface area contributed by atoms with Crippen molar-refractivity contribution in [1.82, 2.24) is 4.90 Å². The van der Waals surface area contributed by atoms with Gasteiger partial charge in [-0.15, -0.1) is 0 Å². The van der Waals surface area contributed by atoms with E-state index in [-0.39, 0.29) is 17.3 Å². The molecule has 9 heteroatoms. The van der Waals surface area contributed by atoms with Crippen LogP contribution in [-0.4, -0.2) is 52.5 Å². The molecule has 40 heavy (non-hydrogen) atoms. The molecular formula is C31H30ClN3O4S. The number of piperazine rings is 1. The number of amides is 1. The van der Waals surface area contributed by atoms with E-state index in [4.69, 9.17) is 16.3 Å². The Hall–Kier alpha value is -4.01. The van der Waals surface area contributed by atoms with E-state index in [1.54, 1.807) is 41.3 Å². The summed E-state index contributed by atoms with van der Waals surface area (Å²) < 4.78 is 34.6. The molecule has 0 spiro atoms. The van der Waals surface area contributed by atoms with Crippen LogP contribution in [-0.2, 0) is 16.6 Å². The Balaban J connectivity index is 1.46. The standard InChI is InChI=1S/C31H30ClN3O4S/c1-39-27-14-16-28(17-15-27)40(37,38)35(23-24-8-3-2-4-9-24)30-13-6-5-12-29(30)31(36)34-20-18-33(19-21-34)26-11-7-10-25(32)22-26/h2-17,22H,18-21,23H2,1H3. The van der Waals surface area contributed by atoms with Crippen LogP contribution in [0.1, 0.15) is 15.9 Å². The maximum absolute atomic E-state index is 14.1. The van der Waals surface area contributed by atoms with Gasteiger partial charge >= 0.3 is 0 Å². The zero-order valence-electron chi connectivity index (χ0n) is 22.1. The highest BCUT2D eigenvalue weighted by atomic mass is 35.5. The molecule has 1 saturated heterocycles. The van der Waals surface area contributed by atoms with Crippen molar-refractivity contribution in [3.63, 3.8) is 0 Å². The predicted octanol–water partition coefficient (Wildman–Crippen LogP) is 5.71. The highest BCUT2D eigenvalue weighted by molar-refractivity contribution is 7.92. The summed E-state index contributed by atoms with van der Waals surface area (Å²) in [7, 11) is -2.50. The van der Waals surface area contributed by atoms with Crippen LogP contribution in [0.25, 0.3) is 0 Å². The van der Waals surface area contributed by atoms with Crippen molar-refractivity contribution in [3.8, 4) is 5.75 Å². The van der Waals surface area contributed by atoms with Gasteiger partial charge in [-0.25, -0.2) is 8.42 Å². The molecule has 0 unspecified atom stereocenters. The van der Waals surface area contributed by atoms with Crippen molar-refractivity contribution in [1.29, 1.82) is 0 Å². The molecule has 0 atom stereocenters. The molecule has 0 aromatic heterocycles. The molecule has 1 amide bonds. The summed E-state index contributed by atoms with van der Waals surface area (Å²) in [6, 6.07) is 30.2. The highest BCUT2D eigenvalue weighted by Crippen LogP contribution is 2.31. The summed E-state index contributed by atoms with van der Waals surface area (Å²) in [6.07, 6.45) is 0. The lowest BCUT2D eigenvalue weighted by atomic mass is 10.1. The molecule has 1 aliphatic rings. The van der Waals surface area contributed by atoms with Crippen molar-refractivity contribution in [3.05, 3.63) is 119 Å². The molecule has 7 nitrogen and oxygen atoms in total. The minimum absolute atomic E-state index is 0.0715. The number of hydrogen-bond donors (Lipinski definition) is 0. The van der Waals surface area contributed by atoms with Gasteiger partial charge in [-0.2, -0.15) is 0 Å². The third-order valence-electron chi connectivity index (χ3n) is 6.96. The average molecular weight is 576 g/mol. The Bertz CT molecular complexity index is 1570. The van der Waals surface area contributed by atoms with Crippen LogP contribution in [0.3, 0.4) is 0 Å². The van der Waals surface area contributed by atoms with E-state index in [9.17, 15) is 13.2 Å². The maximum atomic E-state index is 14.1. The molecule has 1 aliphatic heterocycles. The minimum Gasteiger partial charge on any atom is -0.497 e.